The maximum Gasteiger partial charge on any atom is 0.239 e. The molecule has 1 fully saturated rings. The molecule has 1 aliphatic rings. The molecular formula is C25H43N3O2. The third kappa shape index (κ3) is 7.50. The summed E-state index contributed by atoms with van der Waals surface area (Å²) in [7, 11) is 0. The molecule has 1 saturated heterocycles. The lowest BCUT2D eigenvalue weighted by molar-refractivity contribution is -0.134. The molecule has 0 bridgehead atoms. The number of likely N-dealkylation sites (tertiary alicyclic amines) is 1. The van der Waals surface area contributed by atoms with Gasteiger partial charge in [-0.1, -0.05) is 27.7 Å². The van der Waals surface area contributed by atoms with E-state index in [1.807, 2.05) is 18.7 Å². The van der Waals surface area contributed by atoms with Crippen LogP contribution in [0.2, 0.25) is 0 Å². The molecule has 1 aromatic rings. The lowest BCUT2D eigenvalue weighted by Gasteiger charge is -2.41. The highest BCUT2D eigenvalue weighted by Gasteiger charge is 2.29. The van der Waals surface area contributed by atoms with Gasteiger partial charge in [-0.05, 0) is 75.6 Å². The van der Waals surface area contributed by atoms with Crippen molar-refractivity contribution in [1.29, 1.82) is 0 Å². The number of nitrogens with zero attached hydrogens (tertiary/aromatic N) is 2. The molecule has 30 heavy (non-hydrogen) atoms. The average molecular weight is 418 g/mol. The molecule has 0 aliphatic carbocycles. The number of carbonyl (C=O) groups is 1. The molecule has 1 atom stereocenters. The number of rotatable bonds is 10. The second-order valence-electron chi connectivity index (χ2n) is 9.83. The maximum atomic E-state index is 12.7. The van der Waals surface area contributed by atoms with Crippen LogP contribution in [0.15, 0.2) is 24.3 Å². The van der Waals surface area contributed by atoms with E-state index in [2.05, 4.69) is 56.9 Å². The molecule has 0 saturated carbocycles. The second-order valence-corrected chi connectivity index (χ2v) is 9.83. The molecule has 2 N–H and O–H groups in total. The summed E-state index contributed by atoms with van der Waals surface area (Å²) in [4.78, 5) is 17.2. The molecular weight excluding hydrogens is 374 g/mol. The van der Waals surface area contributed by atoms with Gasteiger partial charge >= 0.3 is 0 Å². The van der Waals surface area contributed by atoms with Gasteiger partial charge in [-0.25, -0.2) is 0 Å². The highest BCUT2D eigenvalue weighted by atomic mass is 16.5. The van der Waals surface area contributed by atoms with Crippen LogP contribution in [0, 0.1) is 11.8 Å². The summed E-state index contributed by atoms with van der Waals surface area (Å²) in [6.07, 6.45) is 4.06. The zero-order valence-electron chi connectivity index (χ0n) is 19.9. The van der Waals surface area contributed by atoms with E-state index in [4.69, 9.17) is 10.5 Å². The van der Waals surface area contributed by atoms with E-state index in [9.17, 15) is 4.79 Å². The van der Waals surface area contributed by atoms with Gasteiger partial charge in [0.15, 0.2) is 0 Å². The first-order valence-electron chi connectivity index (χ1n) is 11.7. The van der Waals surface area contributed by atoms with Crippen LogP contribution in [0.1, 0.15) is 67.2 Å². The van der Waals surface area contributed by atoms with Crippen molar-refractivity contribution in [3.05, 3.63) is 24.3 Å². The lowest BCUT2D eigenvalue weighted by atomic mass is 9.98. The largest absolute Gasteiger partial charge is 0.491 e. The lowest BCUT2D eigenvalue weighted by Crippen LogP contribution is -2.51. The van der Waals surface area contributed by atoms with Crippen molar-refractivity contribution in [2.24, 2.45) is 17.6 Å². The van der Waals surface area contributed by atoms with Gasteiger partial charge < -0.3 is 20.3 Å². The number of nitrogens with two attached hydrogens (primary N) is 1. The van der Waals surface area contributed by atoms with Crippen molar-refractivity contribution in [1.82, 2.24) is 4.90 Å². The Labute approximate surface area is 183 Å². The van der Waals surface area contributed by atoms with Gasteiger partial charge in [0.2, 0.25) is 5.91 Å². The fourth-order valence-electron chi connectivity index (χ4n) is 4.15. The zero-order valence-corrected chi connectivity index (χ0v) is 19.9. The molecule has 5 nitrogen and oxygen atoms in total. The van der Waals surface area contributed by atoms with Crippen LogP contribution in [-0.4, -0.2) is 48.6 Å². The van der Waals surface area contributed by atoms with Crippen LogP contribution < -0.4 is 15.4 Å². The molecule has 0 spiro atoms. The minimum absolute atomic E-state index is 0.117. The Morgan fingerprint density at radius 3 is 2.17 bits per heavy atom. The van der Waals surface area contributed by atoms with Crippen LogP contribution in [0.4, 0.5) is 5.69 Å². The first-order chi connectivity index (χ1) is 14.2. The van der Waals surface area contributed by atoms with Crippen LogP contribution >= 0.6 is 0 Å². The highest BCUT2D eigenvalue weighted by molar-refractivity contribution is 5.81. The maximum absolute atomic E-state index is 12.7. The minimum atomic E-state index is -0.368. The molecule has 0 radical (unpaired) electrons. The van der Waals surface area contributed by atoms with Crippen LogP contribution in [-0.2, 0) is 4.79 Å². The van der Waals surface area contributed by atoms with Gasteiger partial charge in [0.1, 0.15) is 5.75 Å². The van der Waals surface area contributed by atoms with Gasteiger partial charge in [-0.2, -0.15) is 0 Å². The van der Waals surface area contributed by atoms with Gasteiger partial charge in [0.05, 0.1) is 12.1 Å². The zero-order chi connectivity index (χ0) is 22.3. The Kier molecular flexibility index (Phi) is 9.47. The molecule has 1 aromatic carbocycles. The fraction of sp³-hybridized carbons (Fsp3) is 0.720. The van der Waals surface area contributed by atoms with E-state index in [0.29, 0.717) is 17.9 Å². The van der Waals surface area contributed by atoms with Gasteiger partial charge in [-0.3, -0.25) is 4.79 Å². The van der Waals surface area contributed by atoms with E-state index in [0.717, 1.165) is 51.1 Å². The Bertz CT molecular complexity index is 634. The molecule has 5 heteroatoms. The van der Waals surface area contributed by atoms with Crippen molar-refractivity contribution in [2.75, 3.05) is 24.5 Å². The standard InChI is InChI=1S/C25H43N3O2/c1-18(2)11-16-28(21-7-9-23(10-8-21)30-20(5)6)22-12-14-27(15-13-22)25(29)24(26)17-19(3)4/h7-10,18-20,22,24H,11-17,26H2,1-6H3/t24-/m0/s1. The monoisotopic (exact) mass is 417 g/mol. The van der Waals surface area contributed by atoms with Crippen molar-refractivity contribution in [3.63, 3.8) is 0 Å². The molecule has 0 aromatic heterocycles. The van der Waals surface area contributed by atoms with E-state index in [1.165, 1.54) is 5.69 Å². The number of amides is 1. The summed E-state index contributed by atoms with van der Waals surface area (Å²) in [5.74, 6) is 2.13. The Balaban J connectivity index is 2.03. The predicted molar refractivity (Wildman–Crippen MR) is 126 cm³/mol. The molecule has 1 aliphatic heterocycles. The quantitative estimate of drug-likeness (QED) is 0.600. The molecule has 0 unspecified atom stereocenters. The van der Waals surface area contributed by atoms with Crippen molar-refractivity contribution < 1.29 is 9.53 Å². The smallest absolute Gasteiger partial charge is 0.239 e. The summed E-state index contributed by atoms with van der Waals surface area (Å²) < 4.78 is 5.81. The number of hydrogen-bond acceptors (Lipinski definition) is 4. The summed E-state index contributed by atoms with van der Waals surface area (Å²) in [6.45, 7) is 15.5. The fourth-order valence-corrected chi connectivity index (χ4v) is 4.15. The third-order valence-corrected chi connectivity index (χ3v) is 5.75. The molecule has 1 amide bonds. The molecule has 170 valence electrons. The highest BCUT2D eigenvalue weighted by Crippen LogP contribution is 2.27. The first kappa shape index (κ1) is 24.5. The number of benzene rings is 1. The second kappa shape index (κ2) is 11.6. The van der Waals surface area contributed by atoms with E-state index < -0.39 is 0 Å². The van der Waals surface area contributed by atoms with Crippen LogP contribution in [0.25, 0.3) is 0 Å². The first-order valence-corrected chi connectivity index (χ1v) is 11.7. The predicted octanol–water partition coefficient (Wildman–Crippen LogP) is 4.69. The summed E-state index contributed by atoms with van der Waals surface area (Å²) in [5.41, 5.74) is 7.39. The topological polar surface area (TPSA) is 58.8 Å². The van der Waals surface area contributed by atoms with Gasteiger partial charge in [-0.15, -0.1) is 0 Å². The minimum Gasteiger partial charge on any atom is -0.491 e. The third-order valence-electron chi connectivity index (χ3n) is 5.75. The molecule has 2 rings (SSSR count). The van der Waals surface area contributed by atoms with Gasteiger partial charge in [0, 0.05) is 31.4 Å². The Morgan fingerprint density at radius 1 is 1.07 bits per heavy atom. The Morgan fingerprint density at radius 2 is 1.67 bits per heavy atom. The number of carbonyl (C=O) groups excluding carboxylic acids is 1. The molecule has 1 heterocycles. The van der Waals surface area contributed by atoms with Crippen molar-refractivity contribution in [2.45, 2.75) is 85.4 Å². The van der Waals surface area contributed by atoms with E-state index >= 15 is 0 Å². The van der Waals surface area contributed by atoms with E-state index in [1.54, 1.807) is 0 Å². The van der Waals surface area contributed by atoms with Crippen molar-refractivity contribution >= 4 is 11.6 Å². The normalized spacial score (nSPS) is 16.4. The SMILES string of the molecule is CC(C)CCN(c1ccc(OC(C)C)cc1)C1CCN(C(=O)[C@@H](N)CC(C)C)CC1. The Hall–Kier alpha value is -1.75. The van der Waals surface area contributed by atoms with E-state index in [-0.39, 0.29) is 18.1 Å². The number of hydrogen-bond donors (Lipinski definition) is 1. The van der Waals surface area contributed by atoms with Gasteiger partial charge in [0.25, 0.3) is 0 Å². The summed E-state index contributed by atoms with van der Waals surface area (Å²) in [5, 5.41) is 0. The average Bonchev–Trinajstić information content (AvgIpc) is 2.68. The van der Waals surface area contributed by atoms with Crippen LogP contribution in [0.5, 0.6) is 5.75 Å². The number of anilines is 1. The summed E-state index contributed by atoms with van der Waals surface area (Å²) in [6, 6.07) is 8.57. The van der Waals surface area contributed by atoms with Crippen LogP contribution in [0.3, 0.4) is 0 Å². The summed E-state index contributed by atoms with van der Waals surface area (Å²) >= 11 is 0. The number of ether oxygens (including phenoxy) is 1. The van der Waals surface area contributed by atoms with Crippen molar-refractivity contribution in [3.8, 4) is 5.75 Å². The number of piperidine rings is 1.